The molecule has 0 unspecified atom stereocenters. The van der Waals surface area contributed by atoms with E-state index in [4.69, 9.17) is 18.9 Å². The smallest absolute Gasteiger partial charge is 0.266 e. The van der Waals surface area contributed by atoms with Crippen molar-refractivity contribution in [3.05, 3.63) is 36.4 Å². The van der Waals surface area contributed by atoms with E-state index in [2.05, 4.69) is 0 Å². The third-order valence-corrected chi connectivity index (χ3v) is 5.43. The summed E-state index contributed by atoms with van der Waals surface area (Å²) in [6, 6.07) is 9.46. The minimum absolute atomic E-state index is 0.130. The quantitative estimate of drug-likeness (QED) is 0.812. The molecule has 124 valence electrons. The van der Waals surface area contributed by atoms with Gasteiger partial charge in [0.25, 0.3) is 7.37 Å². The summed E-state index contributed by atoms with van der Waals surface area (Å²) in [5, 5.41) is 0.261. The van der Waals surface area contributed by atoms with Gasteiger partial charge in [-0.05, 0) is 36.4 Å². The Morgan fingerprint density at radius 3 is 1.43 bits per heavy atom. The normalized spacial score (nSPS) is 11.0. The molecule has 0 spiro atoms. The largest absolute Gasteiger partial charge is 0.497 e. The van der Waals surface area contributed by atoms with Gasteiger partial charge in [0.15, 0.2) is 0 Å². The minimum atomic E-state index is -4.00. The molecule has 0 aliphatic heterocycles. The molecule has 0 aromatic heterocycles. The second kappa shape index (κ2) is 6.94. The molecule has 0 fully saturated rings. The third kappa shape index (κ3) is 3.28. The van der Waals surface area contributed by atoms with Gasteiger partial charge in [0, 0.05) is 0 Å². The van der Waals surface area contributed by atoms with E-state index >= 15 is 0 Å². The maximum atomic E-state index is 13.2. The van der Waals surface area contributed by atoms with E-state index in [-0.39, 0.29) is 10.6 Å². The molecule has 23 heavy (non-hydrogen) atoms. The molecule has 2 aromatic carbocycles. The number of methoxy groups -OCH3 is 4. The third-order valence-electron chi connectivity index (χ3n) is 3.43. The second-order valence-electron chi connectivity index (χ2n) is 4.65. The molecule has 0 bridgehead atoms. The minimum Gasteiger partial charge on any atom is -0.497 e. The summed E-state index contributed by atoms with van der Waals surface area (Å²) < 4.78 is 33.9. The number of benzene rings is 2. The highest BCUT2D eigenvalue weighted by molar-refractivity contribution is 7.73. The highest BCUT2D eigenvalue weighted by atomic mass is 31.2. The first kappa shape index (κ1) is 17.2. The van der Waals surface area contributed by atoms with E-state index in [1.54, 1.807) is 24.3 Å². The maximum Gasteiger partial charge on any atom is 0.266 e. The Morgan fingerprint density at radius 2 is 1.13 bits per heavy atom. The van der Waals surface area contributed by atoms with Crippen molar-refractivity contribution in [2.24, 2.45) is 0 Å². The first-order valence-electron chi connectivity index (χ1n) is 6.76. The fraction of sp³-hybridized carbons (Fsp3) is 0.250. The molecule has 2 rings (SSSR count). The van der Waals surface area contributed by atoms with Gasteiger partial charge >= 0.3 is 0 Å². The molecule has 2 aromatic rings. The van der Waals surface area contributed by atoms with E-state index in [0.29, 0.717) is 23.0 Å². The zero-order valence-corrected chi connectivity index (χ0v) is 14.3. The Bertz CT molecular complexity index is 684. The lowest BCUT2D eigenvalue weighted by molar-refractivity contribution is 0.402. The van der Waals surface area contributed by atoms with Crippen LogP contribution in [-0.4, -0.2) is 33.3 Å². The van der Waals surface area contributed by atoms with Crippen molar-refractivity contribution in [2.45, 2.75) is 0 Å². The van der Waals surface area contributed by atoms with E-state index in [0.717, 1.165) is 0 Å². The van der Waals surface area contributed by atoms with Crippen LogP contribution in [0.4, 0.5) is 0 Å². The van der Waals surface area contributed by atoms with Crippen molar-refractivity contribution in [2.75, 3.05) is 28.4 Å². The highest BCUT2D eigenvalue weighted by Crippen LogP contribution is 2.45. The van der Waals surface area contributed by atoms with Gasteiger partial charge in [-0.15, -0.1) is 0 Å². The predicted octanol–water partition coefficient (Wildman–Crippen LogP) is 1.94. The molecule has 0 atom stereocenters. The monoisotopic (exact) mass is 338 g/mol. The molecule has 0 radical (unpaired) electrons. The van der Waals surface area contributed by atoms with Crippen LogP contribution in [0, 0.1) is 0 Å². The van der Waals surface area contributed by atoms with Crippen LogP contribution in [0.2, 0.25) is 0 Å². The van der Waals surface area contributed by atoms with Crippen LogP contribution in [-0.2, 0) is 4.57 Å². The summed E-state index contributed by atoms with van der Waals surface area (Å²) in [5.74, 6) is 1.50. The number of ether oxygens (including phenoxy) is 4. The van der Waals surface area contributed by atoms with Crippen molar-refractivity contribution in [1.82, 2.24) is 0 Å². The summed E-state index contributed by atoms with van der Waals surface area (Å²) in [4.78, 5) is 10.8. The Hall–Kier alpha value is -2.17. The molecule has 7 heteroatoms. The molecule has 0 aliphatic carbocycles. The first-order chi connectivity index (χ1) is 11.0. The molecular formula is C16H19O6P. The average molecular weight is 338 g/mol. The Labute approximate surface area is 135 Å². The fourth-order valence-corrected chi connectivity index (χ4v) is 3.99. The summed E-state index contributed by atoms with van der Waals surface area (Å²) in [7, 11) is 1.85. The van der Waals surface area contributed by atoms with Crippen LogP contribution in [0.3, 0.4) is 0 Å². The average Bonchev–Trinajstić information content (AvgIpc) is 2.60. The standard InChI is InChI=1S/C16H19O6P/c1-19-11-5-7-13(21-3)15(9-11)23(17,18)16-10-12(20-2)6-8-14(16)22-4/h5-10H,1-4H3,(H,17,18). The lowest BCUT2D eigenvalue weighted by Gasteiger charge is -2.19. The molecule has 0 saturated carbocycles. The van der Waals surface area contributed by atoms with Gasteiger partial charge in [-0.25, -0.2) is 0 Å². The van der Waals surface area contributed by atoms with Gasteiger partial charge in [0.2, 0.25) is 0 Å². The molecule has 0 amide bonds. The second-order valence-corrected chi connectivity index (χ2v) is 6.77. The van der Waals surface area contributed by atoms with Gasteiger partial charge in [-0.1, -0.05) is 0 Å². The zero-order valence-electron chi connectivity index (χ0n) is 13.4. The molecule has 6 nitrogen and oxygen atoms in total. The van der Waals surface area contributed by atoms with Crippen LogP contribution in [0.5, 0.6) is 23.0 Å². The van der Waals surface area contributed by atoms with Crippen LogP contribution in [0.15, 0.2) is 36.4 Å². The molecule has 0 aliphatic rings. The van der Waals surface area contributed by atoms with E-state index in [1.165, 1.54) is 40.6 Å². The summed E-state index contributed by atoms with van der Waals surface area (Å²) in [5.41, 5.74) is 0. The molecular weight excluding hydrogens is 319 g/mol. The zero-order chi connectivity index (χ0) is 17.0. The summed E-state index contributed by atoms with van der Waals surface area (Å²) >= 11 is 0. The van der Waals surface area contributed by atoms with Crippen LogP contribution < -0.4 is 29.6 Å². The van der Waals surface area contributed by atoms with E-state index in [1.807, 2.05) is 0 Å². The van der Waals surface area contributed by atoms with Crippen LogP contribution >= 0.6 is 7.37 Å². The van der Waals surface area contributed by atoms with Gasteiger partial charge < -0.3 is 23.8 Å². The number of hydrogen-bond donors (Lipinski definition) is 1. The Balaban J connectivity index is 2.69. The Kier molecular flexibility index (Phi) is 5.19. The van der Waals surface area contributed by atoms with E-state index in [9.17, 15) is 9.46 Å². The lowest BCUT2D eigenvalue weighted by atomic mass is 10.3. The topological polar surface area (TPSA) is 74.2 Å². The molecule has 0 heterocycles. The summed E-state index contributed by atoms with van der Waals surface area (Å²) in [6.07, 6.45) is 0. The van der Waals surface area contributed by atoms with Gasteiger partial charge in [-0.3, -0.25) is 4.57 Å². The molecule has 0 saturated heterocycles. The van der Waals surface area contributed by atoms with Crippen molar-refractivity contribution < 1.29 is 28.4 Å². The van der Waals surface area contributed by atoms with Crippen molar-refractivity contribution in [1.29, 1.82) is 0 Å². The van der Waals surface area contributed by atoms with Crippen LogP contribution in [0.1, 0.15) is 0 Å². The highest BCUT2D eigenvalue weighted by Gasteiger charge is 2.32. The first-order valence-corrected chi connectivity index (χ1v) is 8.41. The summed E-state index contributed by atoms with van der Waals surface area (Å²) in [6.45, 7) is 0. The van der Waals surface area contributed by atoms with Gasteiger partial charge in [-0.2, -0.15) is 0 Å². The van der Waals surface area contributed by atoms with Crippen molar-refractivity contribution in [3.8, 4) is 23.0 Å². The van der Waals surface area contributed by atoms with Crippen molar-refractivity contribution >= 4 is 18.0 Å². The number of rotatable bonds is 6. The SMILES string of the molecule is COc1ccc(OC)c(P(=O)(O)c2cc(OC)ccc2OC)c1. The van der Waals surface area contributed by atoms with Gasteiger partial charge in [0.05, 0.1) is 39.0 Å². The van der Waals surface area contributed by atoms with E-state index < -0.39 is 7.37 Å². The van der Waals surface area contributed by atoms with Crippen LogP contribution in [0.25, 0.3) is 0 Å². The van der Waals surface area contributed by atoms with Gasteiger partial charge in [0.1, 0.15) is 23.0 Å². The van der Waals surface area contributed by atoms with Crippen molar-refractivity contribution in [3.63, 3.8) is 0 Å². The number of hydrogen-bond acceptors (Lipinski definition) is 5. The predicted molar refractivity (Wildman–Crippen MR) is 88.2 cm³/mol. The Morgan fingerprint density at radius 1 is 0.739 bits per heavy atom. The lowest BCUT2D eigenvalue weighted by Crippen LogP contribution is -2.19. The fourth-order valence-electron chi connectivity index (χ4n) is 2.20. The maximum absolute atomic E-state index is 13.2. The molecule has 1 N–H and O–H groups in total.